The molecule has 2 unspecified atom stereocenters. The second kappa shape index (κ2) is 6.25. The van der Waals surface area contributed by atoms with Crippen molar-refractivity contribution in [2.75, 3.05) is 6.54 Å². The smallest absolute Gasteiger partial charge is 0.327 e. The average molecular weight is 350 g/mol. The van der Waals surface area contributed by atoms with Crippen molar-refractivity contribution in [2.24, 2.45) is 0 Å². The Bertz CT molecular complexity index is 997. The summed E-state index contributed by atoms with van der Waals surface area (Å²) < 4.78 is 1.56. The van der Waals surface area contributed by atoms with Crippen LogP contribution in [-0.2, 0) is 4.79 Å². The van der Waals surface area contributed by atoms with E-state index in [1.165, 1.54) is 11.1 Å². The number of benzene rings is 1. The zero-order valence-corrected chi connectivity index (χ0v) is 14.2. The molecule has 7 nitrogen and oxygen atoms in total. The highest BCUT2D eigenvalue weighted by Gasteiger charge is 2.43. The summed E-state index contributed by atoms with van der Waals surface area (Å²) in [5.41, 5.74) is 2.97. The van der Waals surface area contributed by atoms with Crippen molar-refractivity contribution in [3.63, 3.8) is 0 Å². The Kier molecular flexibility index (Phi) is 3.91. The molecular weight excluding hydrogens is 332 g/mol. The molecular formula is C19H18N4O3. The van der Waals surface area contributed by atoms with E-state index in [1.807, 2.05) is 31.2 Å². The second-order valence-electron chi connectivity index (χ2n) is 6.56. The van der Waals surface area contributed by atoms with Crippen LogP contribution in [-0.4, -0.2) is 49.1 Å². The van der Waals surface area contributed by atoms with Crippen LogP contribution in [0.2, 0.25) is 0 Å². The number of nitrogens with zero attached hydrogens (tertiary/aromatic N) is 4. The maximum absolute atomic E-state index is 13.1. The van der Waals surface area contributed by atoms with Gasteiger partial charge in [-0.2, -0.15) is 5.10 Å². The molecule has 26 heavy (non-hydrogen) atoms. The van der Waals surface area contributed by atoms with Crippen LogP contribution in [0.4, 0.5) is 0 Å². The Morgan fingerprint density at radius 1 is 1.27 bits per heavy atom. The molecule has 1 saturated heterocycles. The van der Waals surface area contributed by atoms with Gasteiger partial charge in [-0.1, -0.05) is 29.8 Å². The number of hydrogen-bond acceptors (Lipinski definition) is 4. The summed E-state index contributed by atoms with van der Waals surface area (Å²) >= 11 is 0. The topological polar surface area (TPSA) is 87.8 Å². The van der Waals surface area contributed by atoms with Crippen molar-refractivity contribution >= 4 is 17.4 Å². The first-order chi connectivity index (χ1) is 12.6. The first-order valence-electron chi connectivity index (χ1n) is 8.44. The second-order valence-corrected chi connectivity index (χ2v) is 6.56. The molecule has 0 saturated carbocycles. The van der Waals surface area contributed by atoms with Crippen LogP contribution in [0, 0.1) is 6.92 Å². The number of carbonyl (C=O) groups excluding carboxylic acids is 1. The normalized spacial score (nSPS) is 19.8. The third kappa shape index (κ3) is 2.61. The fourth-order valence-corrected chi connectivity index (χ4v) is 3.73. The van der Waals surface area contributed by atoms with Gasteiger partial charge in [-0.05, 0) is 18.9 Å². The summed E-state index contributed by atoms with van der Waals surface area (Å²) in [7, 11) is 0. The lowest BCUT2D eigenvalue weighted by atomic mass is 9.90. The largest absolute Gasteiger partial charge is 0.480 e. The molecule has 2 aromatic heterocycles. The van der Waals surface area contributed by atoms with Crippen LogP contribution in [0.5, 0.6) is 0 Å². The van der Waals surface area contributed by atoms with Crippen LogP contribution in [0.1, 0.15) is 33.8 Å². The zero-order valence-electron chi connectivity index (χ0n) is 14.2. The summed E-state index contributed by atoms with van der Waals surface area (Å²) in [6, 6.07) is 6.93. The van der Waals surface area contributed by atoms with E-state index in [0.717, 1.165) is 11.1 Å². The lowest BCUT2D eigenvalue weighted by Gasteiger charge is -2.25. The predicted molar refractivity (Wildman–Crippen MR) is 94.0 cm³/mol. The van der Waals surface area contributed by atoms with E-state index < -0.39 is 12.0 Å². The summed E-state index contributed by atoms with van der Waals surface area (Å²) in [6.45, 7) is 2.37. The maximum Gasteiger partial charge on any atom is 0.327 e. The first-order valence-corrected chi connectivity index (χ1v) is 8.44. The molecule has 4 rings (SSSR count). The number of fused-ring (bicyclic) bond motifs is 1. The molecule has 2 atom stereocenters. The average Bonchev–Trinajstić information content (AvgIpc) is 3.26. The maximum atomic E-state index is 13.1. The molecule has 3 heterocycles. The molecule has 0 spiro atoms. The van der Waals surface area contributed by atoms with Crippen LogP contribution < -0.4 is 0 Å². The third-order valence-electron chi connectivity index (χ3n) is 4.94. The number of aromatic nitrogens is 3. The van der Waals surface area contributed by atoms with Crippen molar-refractivity contribution in [1.29, 1.82) is 0 Å². The molecule has 1 amide bonds. The molecule has 1 aliphatic rings. The van der Waals surface area contributed by atoms with Crippen molar-refractivity contribution in [2.45, 2.75) is 25.3 Å². The van der Waals surface area contributed by atoms with E-state index in [9.17, 15) is 14.7 Å². The van der Waals surface area contributed by atoms with Crippen LogP contribution in [0.15, 0.2) is 49.1 Å². The van der Waals surface area contributed by atoms with Gasteiger partial charge in [-0.25, -0.2) is 9.31 Å². The lowest BCUT2D eigenvalue weighted by Crippen LogP contribution is -2.42. The van der Waals surface area contributed by atoms with E-state index >= 15 is 0 Å². The highest BCUT2D eigenvalue weighted by Crippen LogP contribution is 2.35. The van der Waals surface area contributed by atoms with Gasteiger partial charge in [-0.3, -0.25) is 9.78 Å². The Morgan fingerprint density at radius 3 is 2.88 bits per heavy atom. The summed E-state index contributed by atoms with van der Waals surface area (Å²) in [4.78, 5) is 30.5. The fraction of sp³-hybridized carbons (Fsp3) is 0.263. The number of amides is 1. The molecule has 1 fully saturated rings. The highest BCUT2D eigenvalue weighted by molar-refractivity contribution is 6.02. The number of carbonyl (C=O) groups is 2. The van der Waals surface area contributed by atoms with Gasteiger partial charge in [-0.15, -0.1) is 0 Å². The van der Waals surface area contributed by atoms with E-state index in [2.05, 4.69) is 10.1 Å². The number of aryl methyl sites for hydroxylation is 1. The lowest BCUT2D eigenvalue weighted by molar-refractivity contribution is -0.141. The molecule has 1 aliphatic heterocycles. The monoisotopic (exact) mass is 350 g/mol. The molecule has 0 aliphatic carbocycles. The van der Waals surface area contributed by atoms with E-state index in [1.54, 1.807) is 23.1 Å². The minimum atomic E-state index is -0.989. The zero-order chi connectivity index (χ0) is 18.3. The summed E-state index contributed by atoms with van der Waals surface area (Å²) in [5, 5.41) is 14.0. The number of aliphatic carboxylic acids is 1. The Morgan fingerprint density at radius 2 is 2.12 bits per heavy atom. The SMILES string of the molecule is Cc1cccc(C2CCN(C(=O)c3cnn4ccncc34)C2C(=O)O)c1. The van der Waals surface area contributed by atoms with Crippen LogP contribution in [0.3, 0.4) is 0 Å². The first kappa shape index (κ1) is 16.3. The van der Waals surface area contributed by atoms with Gasteiger partial charge in [0.1, 0.15) is 6.04 Å². The van der Waals surface area contributed by atoms with Crippen LogP contribution in [0.25, 0.3) is 5.52 Å². The number of rotatable bonds is 3. The highest BCUT2D eigenvalue weighted by atomic mass is 16.4. The van der Waals surface area contributed by atoms with Crippen LogP contribution >= 0.6 is 0 Å². The van der Waals surface area contributed by atoms with E-state index in [0.29, 0.717) is 24.0 Å². The summed E-state index contributed by atoms with van der Waals surface area (Å²) in [6.07, 6.45) is 6.88. The van der Waals surface area contributed by atoms with Crippen molar-refractivity contribution in [3.8, 4) is 0 Å². The molecule has 0 bridgehead atoms. The van der Waals surface area contributed by atoms with Crippen molar-refractivity contribution < 1.29 is 14.7 Å². The van der Waals surface area contributed by atoms with Crippen molar-refractivity contribution in [3.05, 3.63) is 65.7 Å². The predicted octanol–water partition coefficient (Wildman–Crippen LogP) is 2.12. The summed E-state index contributed by atoms with van der Waals surface area (Å²) in [5.74, 6) is -1.54. The standard InChI is InChI=1S/C19H18N4O3/c1-12-3-2-4-13(9-12)14-5-7-22(17(14)19(25)26)18(24)15-10-21-23-8-6-20-11-16(15)23/h2-4,6,8-11,14,17H,5,7H2,1H3,(H,25,26). The van der Waals surface area contributed by atoms with Gasteiger partial charge in [0, 0.05) is 24.9 Å². The van der Waals surface area contributed by atoms with E-state index in [4.69, 9.17) is 0 Å². The van der Waals surface area contributed by atoms with Gasteiger partial charge in [0.15, 0.2) is 0 Å². The minimum Gasteiger partial charge on any atom is -0.480 e. The Balaban J connectivity index is 1.70. The van der Waals surface area contributed by atoms with Gasteiger partial charge >= 0.3 is 5.97 Å². The molecule has 7 heteroatoms. The quantitative estimate of drug-likeness (QED) is 0.782. The van der Waals surface area contributed by atoms with Gasteiger partial charge in [0.05, 0.1) is 23.5 Å². The number of hydrogen-bond donors (Lipinski definition) is 1. The van der Waals surface area contributed by atoms with Gasteiger partial charge < -0.3 is 10.0 Å². The Labute approximate surface area is 149 Å². The molecule has 1 N–H and O–H groups in total. The third-order valence-corrected chi connectivity index (χ3v) is 4.94. The van der Waals surface area contributed by atoms with E-state index in [-0.39, 0.29) is 11.8 Å². The number of carboxylic acids is 1. The number of likely N-dealkylation sites (tertiary alicyclic amines) is 1. The molecule has 0 radical (unpaired) electrons. The Hall–Kier alpha value is -3.22. The minimum absolute atomic E-state index is 0.226. The fourth-order valence-electron chi connectivity index (χ4n) is 3.73. The molecule has 1 aromatic carbocycles. The van der Waals surface area contributed by atoms with Gasteiger partial charge in [0.2, 0.25) is 0 Å². The number of carboxylic acid groups (broad SMARTS) is 1. The van der Waals surface area contributed by atoms with Crippen molar-refractivity contribution in [1.82, 2.24) is 19.5 Å². The van der Waals surface area contributed by atoms with Gasteiger partial charge in [0.25, 0.3) is 5.91 Å². The molecule has 3 aromatic rings. The molecule has 132 valence electrons.